The van der Waals surface area contributed by atoms with Gasteiger partial charge in [0.2, 0.25) is 0 Å². The Balaban J connectivity index is 2.14. The Kier molecular flexibility index (Phi) is 4.62. The van der Waals surface area contributed by atoms with Crippen molar-refractivity contribution in [1.82, 2.24) is 4.90 Å². The van der Waals surface area contributed by atoms with Crippen LogP contribution in [-0.4, -0.2) is 35.3 Å². The molecule has 1 aromatic carbocycles. The molecule has 0 aliphatic carbocycles. The maximum Gasteiger partial charge on any atom is 0.261 e. The summed E-state index contributed by atoms with van der Waals surface area (Å²) in [7, 11) is 0. The topological polar surface area (TPSA) is 71.5 Å². The van der Waals surface area contributed by atoms with E-state index in [2.05, 4.69) is 0 Å². The van der Waals surface area contributed by atoms with Crippen molar-refractivity contribution in [3.05, 3.63) is 35.4 Å². The third kappa shape index (κ3) is 2.91. The Bertz CT molecular complexity index is 559. The summed E-state index contributed by atoms with van der Waals surface area (Å²) in [5.74, 6) is -1.54. The van der Waals surface area contributed by atoms with Gasteiger partial charge in [0, 0.05) is 12.3 Å². The maximum absolute atomic E-state index is 12.2. The number of fused-ring (bicyclic) bond motifs is 1. The number of carbonyl (C=O) groups is 4. The molecule has 0 saturated heterocycles. The Morgan fingerprint density at radius 2 is 1.76 bits per heavy atom. The zero-order valence-corrected chi connectivity index (χ0v) is 11.9. The third-order valence-electron chi connectivity index (χ3n) is 3.67. The molecule has 0 aromatic heterocycles. The second-order valence-corrected chi connectivity index (χ2v) is 5.10. The molecule has 5 heteroatoms. The van der Waals surface area contributed by atoms with E-state index in [9.17, 15) is 19.2 Å². The van der Waals surface area contributed by atoms with Crippen molar-refractivity contribution in [2.24, 2.45) is 5.92 Å². The molecule has 5 nitrogen and oxygen atoms in total. The van der Waals surface area contributed by atoms with Crippen LogP contribution in [0.15, 0.2) is 24.3 Å². The molecule has 1 atom stereocenters. The number of nitrogens with zero attached hydrogens (tertiary/aromatic N) is 1. The second kappa shape index (κ2) is 6.43. The van der Waals surface area contributed by atoms with E-state index in [0.717, 1.165) is 11.3 Å². The summed E-state index contributed by atoms with van der Waals surface area (Å²) < 4.78 is 0. The highest BCUT2D eigenvalue weighted by atomic mass is 16.2. The van der Waals surface area contributed by atoms with Crippen molar-refractivity contribution in [1.29, 1.82) is 0 Å². The van der Waals surface area contributed by atoms with E-state index in [1.807, 2.05) is 6.92 Å². The molecule has 0 radical (unpaired) electrons. The lowest BCUT2D eigenvalue weighted by atomic mass is 9.95. The third-order valence-corrected chi connectivity index (χ3v) is 3.67. The molecule has 21 heavy (non-hydrogen) atoms. The summed E-state index contributed by atoms with van der Waals surface area (Å²) in [6, 6.07) is 6.52. The van der Waals surface area contributed by atoms with Gasteiger partial charge in [-0.05, 0) is 18.6 Å². The predicted molar refractivity (Wildman–Crippen MR) is 75.9 cm³/mol. The molecule has 1 unspecified atom stereocenters. The number of aldehydes is 1. The molecule has 1 aliphatic heterocycles. The molecule has 110 valence electrons. The Hall–Kier alpha value is -2.30. The van der Waals surface area contributed by atoms with E-state index in [0.29, 0.717) is 23.8 Å². The van der Waals surface area contributed by atoms with E-state index in [-0.39, 0.29) is 18.7 Å². The minimum atomic E-state index is -0.440. The van der Waals surface area contributed by atoms with Gasteiger partial charge in [0.25, 0.3) is 11.8 Å². The zero-order valence-electron chi connectivity index (χ0n) is 11.9. The van der Waals surface area contributed by atoms with Crippen molar-refractivity contribution in [2.45, 2.75) is 26.2 Å². The molecule has 2 amide bonds. The average molecular weight is 287 g/mol. The van der Waals surface area contributed by atoms with Crippen molar-refractivity contribution in [2.75, 3.05) is 6.54 Å². The first kappa shape index (κ1) is 15.1. The standard InChI is InChI=1S/C16H17NO4/c1-2-5-11(8-9-18)14(19)10-17-15(20)12-6-3-4-7-13(12)16(17)21/h3-4,6-7,9,11H,2,5,8,10H2,1H3. The fourth-order valence-corrected chi connectivity index (χ4v) is 2.54. The van der Waals surface area contributed by atoms with Gasteiger partial charge in [0.15, 0.2) is 5.78 Å². The van der Waals surface area contributed by atoms with Gasteiger partial charge >= 0.3 is 0 Å². The Morgan fingerprint density at radius 1 is 1.19 bits per heavy atom. The highest BCUT2D eigenvalue weighted by molar-refractivity contribution is 6.22. The highest BCUT2D eigenvalue weighted by Crippen LogP contribution is 2.23. The predicted octanol–water partition coefficient (Wildman–Crippen LogP) is 1.86. The number of ketones is 1. The molecule has 2 rings (SSSR count). The fraction of sp³-hybridized carbons (Fsp3) is 0.375. The first-order valence-corrected chi connectivity index (χ1v) is 7.01. The SMILES string of the molecule is CCCC(CC=O)C(=O)CN1C(=O)c2ccccc2C1=O. The number of Topliss-reactive ketones (excluding diaryl/α,β-unsaturated/α-hetero) is 1. The molecule has 1 heterocycles. The number of rotatable bonds is 7. The summed E-state index contributed by atoms with van der Waals surface area (Å²) in [6.07, 6.45) is 2.20. The fourth-order valence-electron chi connectivity index (χ4n) is 2.54. The molecular weight excluding hydrogens is 270 g/mol. The quantitative estimate of drug-likeness (QED) is 0.567. The van der Waals surface area contributed by atoms with Crippen LogP contribution in [0.5, 0.6) is 0 Å². The lowest BCUT2D eigenvalue weighted by Crippen LogP contribution is -2.37. The van der Waals surface area contributed by atoms with Crippen LogP contribution in [0, 0.1) is 5.92 Å². The monoisotopic (exact) mass is 287 g/mol. The first-order chi connectivity index (χ1) is 10.1. The molecule has 0 saturated carbocycles. The molecule has 0 spiro atoms. The molecular formula is C16H17NO4. The lowest BCUT2D eigenvalue weighted by molar-refractivity contribution is -0.125. The van der Waals surface area contributed by atoms with Crippen molar-refractivity contribution >= 4 is 23.9 Å². The van der Waals surface area contributed by atoms with Gasteiger partial charge < -0.3 is 4.79 Å². The van der Waals surface area contributed by atoms with Gasteiger partial charge in [-0.3, -0.25) is 19.3 Å². The number of hydrogen-bond donors (Lipinski definition) is 0. The van der Waals surface area contributed by atoms with E-state index in [1.165, 1.54) is 0 Å². The van der Waals surface area contributed by atoms with Crippen LogP contribution in [0.4, 0.5) is 0 Å². The smallest absolute Gasteiger partial charge is 0.261 e. The van der Waals surface area contributed by atoms with Crippen molar-refractivity contribution < 1.29 is 19.2 Å². The lowest BCUT2D eigenvalue weighted by Gasteiger charge is -2.17. The van der Waals surface area contributed by atoms with Crippen molar-refractivity contribution in [3.8, 4) is 0 Å². The van der Waals surface area contributed by atoms with Gasteiger partial charge in [-0.1, -0.05) is 25.5 Å². The summed E-state index contributed by atoms with van der Waals surface area (Å²) in [4.78, 5) is 48.2. The molecule has 0 fully saturated rings. The first-order valence-electron chi connectivity index (χ1n) is 7.01. The molecule has 1 aliphatic rings. The minimum absolute atomic E-state index is 0.135. The van der Waals surface area contributed by atoms with Crippen molar-refractivity contribution in [3.63, 3.8) is 0 Å². The summed E-state index contributed by atoms with van der Waals surface area (Å²) in [5.41, 5.74) is 0.662. The van der Waals surface area contributed by atoms with Gasteiger partial charge in [0.05, 0.1) is 17.7 Å². The van der Waals surface area contributed by atoms with Crippen LogP contribution in [-0.2, 0) is 9.59 Å². The van der Waals surface area contributed by atoms with E-state index >= 15 is 0 Å². The molecule has 1 aromatic rings. The number of hydrogen-bond acceptors (Lipinski definition) is 4. The van der Waals surface area contributed by atoms with Gasteiger partial charge in [0.1, 0.15) is 6.29 Å². The highest BCUT2D eigenvalue weighted by Gasteiger charge is 2.37. The van der Waals surface area contributed by atoms with E-state index < -0.39 is 17.7 Å². The summed E-state index contributed by atoms with van der Waals surface area (Å²) in [5, 5.41) is 0. The van der Waals surface area contributed by atoms with Gasteiger partial charge in [-0.2, -0.15) is 0 Å². The Morgan fingerprint density at radius 3 is 2.24 bits per heavy atom. The number of imide groups is 1. The van der Waals surface area contributed by atoms with Crippen LogP contribution >= 0.6 is 0 Å². The molecule has 0 N–H and O–H groups in total. The zero-order chi connectivity index (χ0) is 15.4. The maximum atomic E-state index is 12.2. The van der Waals surface area contributed by atoms with Gasteiger partial charge in [-0.25, -0.2) is 0 Å². The van der Waals surface area contributed by atoms with Crippen LogP contribution in [0.3, 0.4) is 0 Å². The van der Waals surface area contributed by atoms with Crippen LogP contribution in [0.25, 0.3) is 0 Å². The number of benzene rings is 1. The Labute approximate surface area is 122 Å². The van der Waals surface area contributed by atoms with E-state index in [4.69, 9.17) is 0 Å². The van der Waals surface area contributed by atoms with Gasteiger partial charge in [-0.15, -0.1) is 0 Å². The normalized spacial score (nSPS) is 15.0. The average Bonchev–Trinajstić information content (AvgIpc) is 2.72. The van der Waals surface area contributed by atoms with E-state index in [1.54, 1.807) is 24.3 Å². The number of amides is 2. The van der Waals surface area contributed by atoms with Crippen LogP contribution < -0.4 is 0 Å². The summed E-state index contributed by atoms with van der Waals surface area (Å²) >= 11 is 0. The largest absolute Gasteiger partial charge is 0.303 e. The molecule has 0 bridgehead atoms. The second-order valence-electron chi connectivity index (χ2n) is 5.10. The van der Waals surface area contributed by atoms with Crippen LogP contribution in [0.1, 0.15) is 46.9 Å². The summed E-state index contributed by atoms with van der Waals surface area (Å²) in [6.45, 7) is 1.66. The minimum Gasteiger partial charge on any atom is -0.303 e. The van der Waals surface area contributed by atoms with Crippen LogP contribution in [0.2, 0.25) is 0 Å². The number of carbonyl (C=O) groups excluding carboxylic acids is 4.